The summed E-state index contributed by atoms with van der Waals surface area (Å²) < 4.78 is 11.4. The van der Waals surface area contributed by atoms with E-state index in [-0.39, 0.29) is 12.6 Å². The van der Waals surface area contributed by atoms with Crippen molar-refractivity contribution in [2.75, 3.05) is 6.67 Å². The average Bonchev–Trinajstić information content (AvgIpc) is 1.31. The topological polar surface area (TPSA) is 0 Å². The Kier molecular flexibility index (Phi) is 0.906. The maximum atomic E-state index is 11.4. The van der Waals surface area contributed by atoms with Crippen LogP contribution < -0.4 is 0 Å². The Morgan fingerprint density at radius 3 is 2.50 bits per heavy atom. The fourth-order valence-electron chi connectivity index (χ4n) is 0.443. The molecule has 0 nitrogen and oxygen atoms in total. The van der Waals surface area contributed by atoms with Gasteiger partial charge in [0.1, 0.15) is 0 Å². The number of halogens is 1. The summed E-state index contributed by atoms with van der Waals surface area (Å²) in [6, 6.07) is 0. The number of alkyl halides is 1. The molecule has 0 aliphatic heterocycles. The molecule has 0 heterocycles. The molecule has 6 heavy (non-hydrogen) atoms. The van der Waals surface area contributed by atoms with Crippen LogP contribution in [0, 0.1) is 5.92 Å². The van der Waals surface area contributed by atoms with Crippen molar-refractivity contribution < 1.29 is 4.39 Å². The smallest absolute Gasteiger partial charge is 0.0959 e. The second-order valence-corrected chi connectivity index (χ2v) is 1.58. The number of hydrogen-bond donors (Lipinski definition) is 0. The lowest BCUT2D eigenvalue weighted by Gasteiger charge is -2.10. The second-order valence-electron chi connectivity index (χ2n) is 1.58. The average molecular weight is 86.1 g/mol. The summed E-state index contributed by atoms with van der Waals surface area (Å²) in [5.74, 6) is 0.269. The largest absolute Gasteiger partial charge is 0.250 e. The third kappa shape index (κ3) is 0.445. The highest BCUT2D eigenvalue weighted by atomic mass is 19.1. The van der Waals surface area contributed by atoms with Gasteiger partial charge in [-0.1, -0.05) is 12.2 Å². The van der Waals surface area contributed by atoms with Gasteiger partial charge in [-0.25, -0.2) is 0 Å². The van der Waals surface area contributed by atoms with E-state index < -0.39 is 0 Å². The summed E-state index contributed by atoms with van der Waals surface area (Å²) in [6.45, 7) is -0.170. The van der Waals surface area contributed by atoms with E-state index in [9.17, 15) is 4.39 Å². The lowest BCUT2D eigenvalue weighted by Crippen LogP contribution is -2.03. The molecule has 0 aromatic rings. The number of rotatable bonds is 1. The van der Waals surface area contributed by atoms with Crippen LogP contribution >= 0.6 is 0 Å². The molecule has 1 aliphatic rings. The molecule has 0 bridgehead atoms. The summed E-state index contributed by atoms with van der Waals surface area (Å²) in [7, 11) is 0. The highest BCUT2D eigenvalue weighted by Gasteiger charge is 2.06. The molecule has 0 radical (unpaired) electrons. The van der Waals surface area contributed by atoms with Crippen molar-refractivity contribution in [3.63, 3.8) is 0 Å². The molecule has 34 valence electrons. The van der Waals surface area contributed by atoms with Crippen LogP contribution in [0.1, 0.15) is 6.42 Å². The Hall–Kier alpha value is -0.330. The van der Waals surface area contributed by atoms with E-state index in [2.05, 4.69) is 0 Å². The SMILES string of the molecule is FCC1C=CC1. The van der Waals surface area contributed by atoms with Crippen molar-refractivity contribution >= 4 is 0 Å². The standard InChI is InChI=1S/C5H7F/c6-4-5-2-1-3-5/h1-2,5H,3-4H2. The first kappa shape index (κ1) is 3.85. The fraction of sp³-hybridized carbons (Fsp3) is 0.600. The molecule has 0 aromatic carbocycles. The zero-order valence-electron chi connectivity index (χ0n) is 3.52. The molecule has 0 N–H and O–H groups in total. The van der Waals surface area contributed by atoms with Gasteiger partial charge in [0.2, 0.25) is 0 Å². The van der Waals surface area contributed by atoms with E-state index in [4.69, 9.17) is 0 Å². The third-order valence-electron chi connectivity index (χ3n) is 1.05. The summed E-state index contributed by atoms with van der Waals surface area (Å²) >= 11 is 0. The number of hydrogen-bond acceptors (Lipinski definition) is 0. The normalized spacial score (nSPS) is 29.8. The maximum absolute atomic E-state index is 11.4. The van der Waals surface area contributed by atoms with Crippen molar-refractivity contribution in [3.8, 4) is 0 Å². The molecule has 0 saturated carbocycles. The van der Waals surface area contributed by atoms with Crippen LogP contribution in [0.5, 0.6) is 0 Å². The summed E-state index contributed by atoms with van der Waals surface area (Å²) in [5, 5.41) is 0. The summed E-state index contributed by atoms with van der Waals surface area (Å²) in [5.41, 5.74) is 0. The van der Waals surface area contributed by atoms with Crippen LogP contribution in [0.4, 0.5) is 4.39 Å². The minimum atomic E-state index is -0.170. The molecule has 0 saturated heterocycles. The van der Waals surface area contributed by atoms with Gasteiger partial charge in [0.25, 0.3) is 0 Å². The van der Waals surface area contributed by atoms with Gasteiger partial charge in [0, 0.05) is 5.92 Å². The third-order valence-corrected chi connectivity index (χ3v) is 1.05. The Morgan fingerprint density at radius 2 is 2.50 bits per heavy atom. The Balaban J connectivity index is 2.21. The lowest BCUT2D eigenvalue weighted by atomic mass is 9.97. The molecule has 1 unspecified atom stereocenters. The first-order chi connectivity index (χ1) is 2.93. The van der Waals surface area contributed by atoms with E-state index >= 15 is 0 Å². The van der Waals surface area contributed by atoms with Gasteiger partial charge in [-0.2, -0.15) is 0 Å². The highest BCUT2D eigenvalue weighted by molar-refractivity contribution is 5.01. The predicted molar refractivity (Wildman–Crippen MR) is 23.2 cm³/mol. The van der Waals surface area contributed by atoms with Crippen LogP contribution in [-0.4, -0.2) is 6.67 Å². The van der Waals surface area contributed by atoms with Crippen molar-refractivity contribution in [3.05, 3.63) is 12.2 Å². The van der Waals surface area contributed by atoms with Gasteiger partial charge in [-0.05, 0) is 6.42 Å². The van der Waals surface area contributed by atoms with Crippen LogP contribution in [-0.2, 0) is 0 Å². The molecule has 1 heteroatoms. The van der Waals surface area contributed by atoms with Crippen LogP contribution in [0.2, 0.25) is 0 Å². The van der Waals surface area contributed by atoms with Crippen LogP contribution in [0.25, 0.3) is 0 Å². The molecule has 1 atom stereocenters. The van der Waals surface area contributed by atoms with Crippen molar-refractivity contribution in [2.24, 2.45) is 5.92 Å². The molecule has 0 spiro atoms. The Bertz CT molecular complexity index is 66.3. The molecule has 0 aromatic heterocycles. The van der Waals surface area contributed by atoms with Gasteiger partial charge in [-0.15, -0.1) is 0 Å². The molecular weight excluding hydrogens is 79.1 g/mol. The molecule has 1 aliphatic carbocycles. The second kappa shape index (κ2) is 1.41. The zero-order valence-corrected chi connectivity index (χ0v) is 3.52. The number of allylic oxidation sites excluding steroid dienone is 2. The van der Waals surface area contributed by atoms with Gasteiger partial charge in [-0.3, -0.25) is 4.39 Å². The molecular formula is C5H7F. The predicted octanol–water partition coefficient (Wildman–Crippen LogP) is 1.53. The Morgan fingerprint density at radius 1 is 1.83 bits per heavy atom. The summed E-state index contributed by atoms with van der Waals surface area (Å²) in [4.78, 5) is 0. The maximum Gasteiger partial charge on any atom is 0.0959 e. The minimum absolute atomic E-state index is 0.170. The van der Waals surface area contributed by atoms with E-state index in [1.807, 2.05) is 12.2 Å². The van der Waals surface area contributed by atoms with E-state index in [0.717, 1.165) is 6.42 Å². The Labute approximate surface area is 36.7 Å². The van der Waals surface area contributed by atoms with Gasteiger partial charge in [0.05, 0.1) is 6.67 Å². The van der Waals surface area contributed by atoms with E-state index in [1.54, 1.807) is 0 Å². The quantitative estimate of drug-likeness (QED) is 0.424. The van der Waals surface area contributed by atoms with Crippen molar-refractivity contribution in [1.29, 1.82) is 0 Å². The van der Waals surface area contributed by atoms with Crippen molar-refractivity contribution in [2.45, 2.75) is 6.42 Å². The van der Waals surface area contributed by atoms with E-state index in [1.165, 1.54) is 0 Å². The van der Waals surface area contributed by atoms with Gasteiger partial charge < -0.3 is 0 Å². The van der Waals surface area contributed by atoms with Gasteiger partial charge in [0.15, 0.2) is 0 Å². The first-order valence-corrected chi connectivity index (χ1v) is 2.16. The van der Waals surface area contributed by atoms with Crippen LogP contribution in [0.15, 0.2) is 12.2 Å². The zero-order chi connectivity index (χ0) is 4.41. The van der Waals surface area contributed by atoms with Crippen molar-refractivity contribution in [1.82, 2.24) is 0 Å². The molecule has 1 rings (SSSR count). The molecule has 0 fully saturated rings. The van der Waals surface area contributed by atoms with E-state index in [0.29, 0.717) is 0 Å². The lowest BCUT2D eigenvalue weighted by molar-refractivity contribution is 0.395. The fourth-order valence-corrected chi connectivity index (χ4v) is 0.443. The summed E-state index contributed by atoms with van der Waals surface area (Å²) in [6.07, 6.45) is 4.85. The minimum Gasteiger partial charge on any atom is -0.250 e. The first-order valence-electron chi connectivity index (χ1n) is 2.16. The van der Waals surface area contributed by atoms with Crippen LogP contribution in [0.3, 0.4) is 0 Å². The molecule has 0 amide bonds. The van der Waals surface area contributed by atoms with Gasteiger partial charge >= 0.3 is 0 Å². The monoisotopic (exact) mass is 86.1 g/mol. The highest BCUT2D eigenvalue weighted by Crippen LogP contribution is 2.15.